The topological polar surface area (TPSA) is 47.9 Å². The molecule has 0 saturated heterocycles. The predicted molar refractivity (Wildman–Crippen MR) is 66.7 cm³/mol. The molecule has 4 nitrogen and oxygen atoms in total. The maximum absolute atomic E-state index is 5.80. The van der Waals surface area contributed by atoms with Gasteiger partial charge in [-0.2, -0.15) is 4.37 Å². The molecule has 0 aliphatic rings. The molecule has 2 heterocycles. The number of aromatic nitrogens is 3. The van der Waals surface area contributed by atoms with Crippen LogP contribution in [0.3, 0.4) is 0 Å². The lowest BCUT2D eigenvalue weighted by Crippen LogP contribution is -1.86. The van der Waals surface area contributed by atoms with E-state index in [-0.39, 0.29) is 5.15 Å². The second kappa shape index (κ2) is 4.27. The number of rotatable bonds is 2. The van der Waals surface area contributed by atoms with Crippen molar-refractivity contribution >= 4 is 34.2 Å². The van der Waals surface area contributed by atoms with Gasteiger partial charge in [0, 0.05) is 5.39 Å². The Morgan fingerprint density at radius 3 is 2.88 bits per heavy atom. The van der Waals surface area contributed by atoms with Crippen molar-refractivity contribution in [3.8, 4) is 11.6 Å². The van der Waals surface area contributed by atoms with Crippen LogP contribution >= 0.6 is 23.3 Å². The van der Waals surface area contributed by atoms with E-state index < -0.39 is 0 Å². The van der Waals surface area contributed by atoms with Crippen molar-refractivity contribution in [3.63, 3.8) is 0 Å². The summed E-state index contributed by atoms with van der Waals surface area (Å²) in [6, 6.07) is 9.69. The quantitative estimate of drug-likeness (QED) is 0.710. The molecule has 3 rings (SSSR count). The summed E-state index contributed by atoms with van der Waals surface area (Å²) >= 11 is 6.81. The van der Waals surface area contributed by atoms with Crippen LogP contribution < -0.4 is 4.74 Å². The smallest absolute Gasteiger partial charge is 0.270 e. The first-order valence-electron chi connectivity index (χ1n) is 4.83. The highest BCUT2D eigenvalue weighted by Crippen LogP contribution is 2.27. The van der Waals surface area contributed by atoms with Gasteiger partial charge in [-0.3, -0.25) is 4.98 Å². The Kier molecular flexibility index (Phi) is 2.62. The number of pyridine rings is 1. The third-order valence-corrected chi connectivity index (χ3v) is 3.06. The maximum Gasteiger partial charge on any atom is 0.270 e. The number of nitrogens with zero attached hydrogens (tertiary/aromatic N) is 3. The van der Waals surface area contributed by atoms with Crippen LogP contribution in [0.15, 0.2) is 36.5 Å². The molecule has 1 aromatic carbocycles. The van der Waals surface area contributed by atoms with E-state index in [2.05, 4.69) is 13.7 Å². The van der Waals surface area contributed by atoms with Crippen LogP contribution in [0.5, 0.6) is 11.6 Å². The molecule has 0 atom stereocenters. The van der Waals surface area contributed by atoms with E-state index in [0.717, 1.165) is 22.6 Å². The summed E-state index contributed by atoms with van der Waals surface area (Å²) in [4.78, 5) is 4.28. The van der Waals surface area contributed by atoms with E-state index in [4.69, 9.17) is 16.3 Å². The van der Waals surface area contributed by atoms with Gasteiger partial charge in [0.05, 0.1) is 23.4 Å². The van der Waals surface area contributed by atoms with Gasteiger partial charge in [-0.05, 0) is 12.1 Å². The van der Waals surface area contributed by atoms with Gasteiger partial charge in [0.15, 0.2) is 0 Å². The minimum atomic E-state index is 0.267. The fourth-order valence-corrected chi connectivity index (χ4v) is 2.06. The summed E-state index contributed by atoms with van der Waals surface area (Å²) in [6.45, 7) is 0. The van der Waals surface area contributed by atoms with Crippen LogP contribution in [0.25, 0.3) is 10.9 Å². The van der Waals surface area contributed by atoms with E-state index in [9.17, 15) is 0 Å². The molecule has 0 saturated carbocycles. The van der Waals surface area contributed by atoms with Crippen LogP contribution in [0.2, 0.25) is 5.15 Å². The van der Waals surface area contributed by atoms with Gasteiger partial charge in [0.2, 0.25) is 5.15 Å². The van der Waals surface area contributed by atoms with Crippen molar-refractivity contribution < 1.29 is 4.74 Å². The van der Waals surface area contributed by atoms with E-state index >= 15 is 0 Å². The molecule has 0 aliphatic heterocycles. The summed E-state index contributed by atoms with van der Waals surface area (Å²) in [6.07, 6.45) is 1.64. The maximum atomic E-state index is 5.80. The number of halogens is 1. The van der Waals surface area contributed by atoms with Gasteiger partial charge in [-0.15, -0.1) is 4.37 Å². The van der Waals surface area contributed by atoms with Gasteiger partial charge in [-0.1, -0.05) is 29.8 Å². The number of para-hydroxylation sites is 1. The lowest BCUT2D eigenvalue weighted by molar-refractivity contribution is 0.467. The first kappa shape index (κ1) is 10.4. The second-order valence-corrected chi connectivity index (χ2v) is 4.21. The van der Waals surface area contributed by atoms with Crippen LogP contribution in [0.1, 0.15) is 0 Å². The lowest BCUT2D eigenvalue weighted by Gasteiger charge is -2.03. The zero-order chi connectivity index (χ0) is 11.7. The largest absolute Gasteiger partial charge is 0.434 e. The minimum absolute atomic E-state index is 0.267. The molecule has 0 unspecified atom stereocenters. The van der Waals surface area contributed by atoms with Crippen molar-refractivity contribution in [2.75, 3.05) is 0 Å². The zero-order valence-corrected chi connectivity index (χ0v) is 10.1. The third-order valence-electron chi connectivity index (χ3n) is 2.20. The molecule has 0 bridgehead atoms. The first-order chi connectivity index (χ1) is 8.33. The average molecular weight is 264 g/mol. The SMILES string of the molecule is Clc1nsnc1Oc1cnc2ccccc2c1. The van der Waals surface area contributed by atoms with Crippen LogP contribution in [-0.4, -0.2) is 13.7 Å². The molecule has 2 aromatic heterocycles. The summed E-state index contributed by atoms with van der Waals surface area (Å²) in [7, 11) is 0. The number of hydrogen-bond donors (Lipinski definition) is 0. The summed E-state index contributed by atoms with van der Waals surface area (Å²) in [5.41, 5.74) is 0.919. The second-order valence-electron chi connectivity index (χ2n) is 3.33. The van der Waals surface area contributed by atoms with E-state index in [1.807, 2.05) is 30.3 Å². The molecule has 0 radical (unpaired) electrons. The summed E-state index contributed by atoms with van der Waals surface area (Å²) in [5.74, 6) is 0.909. The summed E-state index contributed by atoms with van der Waals surface area (Å²) < 4.78 is 13.3. The zero-order valence-electron chi connectivity index (χ0n) is 8.50. The molecule has 0 fully saturated rings. The van der Waals surface area contributed by atoms with Crippen molar-refractivity contribution in [2.24, 2.45) is 0 Å². The number of fused-ring (bicyclic) bond motifs is 1. The fourth-order valence-electron chi connectivity index (χ4n) is 1.45. The molecular weight excluding hydrogens is 258 g/mol. The Hall–Kier alpha value is -1.72. The summed E-state index contributed by atoms with van der Waals surface area (Å²) in [5, 5.41) is 1.27. The minimum Gasteiger partial charge on any atom is -0.434 e. The Morgan fingerprint density at radius 1 is 1.18 bits per heavy atom. The van der Waals surface area contributed by atoms with Crippen molar-refractivity contribution in [2.45, 2.75) is 0 Å². The van der Waals surface area contributed by atoms with Gasteiger partial charge in [0.25, 0.3) is 5.88 Å². The van der Waals surface area contributed by atoms with Gasteiger partial charge < -0.3 is 4.74 Å². The third kappa shape index (κ3) is 2.07. The monoisotopic (exact) mass is 263 g/mol. The molecule has 0 aliphatic carbocycles. The Balaban J connectivity index is 1.99. The van der Waals surface area contributed by atoms with E-state index in [0.29, 0.717) is 11.6 Å². The van der Waals surface area contributed by atoms with Crippen molar-refractivity contribution in [1.29, 1.82) is 0 Å². The lowest BCUT2D eigenvalue weighted by atomic mass is 10.2. The number of ether oxygens (including phenoxy) is 1. The van der Waals surface area contributed by atoms with Crippen LogP contribution in [0, 0.1) is 0 Å². The molecule has 17 heavy (non-hydrogen) atoms. The first-order valence-corrected chi connectivity index (χ1v) is 5.94. The Bertz CT molecular complexity index is 670. The number of benzene rings is 1. The van der Waals surface area contributed by atoms with E-state index in [1.54, 1.807) is 6.20 Å². The Labute approximate surface area is 106 Å². The van der Waals surface area contributed by atoms with Crippen molar-refractivity contribution in [1.82, 2.24) is 13.7 Å². The normalized spacial score (nSPS) is 10.6. The van der Waals surface area contributed by atoms with Crippen molar-refractivity contribution in [3.05, 3.63) is 41.7 Å². The molecule has 0 spiro atoms. The van der Waals surface area contributed by atoms with Gasteiger partial charge >= 0.3 is 0 Å². The molecule has 0 N–H and O–H groups in total. The van der Waals surface area contributed by atoms with Gasteiger partial charge in [-0.25, -0.2) is 0 Å². The van der Waals surface area contributed by atoms with Crippen LogP contribution in [-0.2, 0) is 0 Å². The molecular formula is C11H6ClN3OS. The molecule has 0 amide bonds. The van der Waals surface area contributed by atoms with E-state index in [1.165, 1.54) is 0 Å². The number of hydrogen-bond acceptors (Lipinski definition) is 5. The highest BCUT2D eigenvalue weighted by molar-refractivity contribution is 6.99. The van der Waals surface area contributed by atoms with Crippen LogP contribution in [0.4, 0.5) is 0 Å². The highest BCUT2D eigenvalue weighted by atomic mass is 35.5. The van der Waals surface area contributed by atoms with Gasteiger partial charge in [0.1, 0.15) is 5.75 Å². The average Bonchev–Trinajstić information content (AvgIpc) is 2.75. The standard InChI is InChI=1S/C11H6ClN3OS/c12-10-11(15-17-14-10)16-8-5-7-3-1-2-4-9(7)13-6-8/h1-6H. The molecule has 3 aromatic rings. The fraction of sp³-hybridized carbons (Fsp3) is 0. The molecule has 84 valence electrons. The molecule has 6 heteroatoms. The predicted octanol–water partition coefficient (Wildman–Crippen LogP) is 3.53. The highest BCUT2D eigenvalue weighted by Gasteiger charge is 2.08. The Morgan fingerprint density at radius 2 is 2.06 bits per heavy atom.